The standard InChI is InChI=1S/C23H33N5/c1-18-5-10-22(15-19(18)2)26-23(24)25-16-20-6-8-21(9-7-20)17-28-12-4-11-27(3)13-14-28/h5-10,15H,4,11-14,16-17H2,1-3H3,(H3,24,25,26). The van der Waals surface area contributed by atoms with Crippen molar-refractivity contribution in [3.8, 4) is 0 Å². The lowest BCUT2D eigenvalue weighted by Gasteiger charge is -2.20. The second kappa shape index (κ2) is 9.71. The molecule has 0 unspecified atom stereocenters. The molecule has 0 amide bonds. The fourth-order valence-electron chi connectivity index (χ4n) is 3.45. The summed E-state index contributed by atoms with van der Waals surface area (Å²) in [6, 6.07) is 15.0. The van der Waals surface area contributed by atoms with Crippen molar-refractivity contribution >= 4 is 11.6 Å². The topological polar surface area (TPSA) is 56.9 Å². The Labute approximate surface area is 169 Å². The Kier molecular flexibility index (Phi) is 7.06. The van der Waals surface area contributed by atoms with E-state index in [1.807, 2.05) is 6.07 Å². The summed E-state index contributed by atoms with van der Waals surface area (Å²) in [7, 11) is 2.21. The highest BCUT2D eigenvalue weighted by atomic mass is 15.2. The van der Waals surface area contributed by atoms with Crippen LogP contribution in [0.5, 0.6) is 0 Å². The van der Waals surface area contributed by atoms with Crippen LogP contribution in [0, 0.1) is 13.8 Å². The van der Waals surface area contributed by atoms with E-state index in [1.165, 1.54) is 41.8 Å². The maximum Gasteiger partial charge on any atom is 0.193 e. The second-order valence-corrected chi connectivity index (χ2v) is 7.87. The SMILES string of the molecule is Cc1ccc(NC(N)=NCc2ccc(CN3CCCN(C)CC3)cc2)cc1C. The summed E-state index contributed by atoms with van der Waals surface area (Å²) >= 11 is 0. The molecule has 0 bridgehead atoms. The Morgan fingerprint density at radius 3 is 2.46 bits per heavy atom. The van der Waals surface area contributed by atoms with Crippen molar-refractivity contribution in [1.29, 1.82) is 0 Å². The maximum atomic E-state index is 6.05. The Bertz CT molecular complexity index is 797. The molecule has 3 N–H and O–H groups in total. The normalized spacial score (nSPS) is 16.8. The number of benzene rings is 2. The van der Waals surface area contributed by atoms with Gasteiger partial charge in [-0.3, -0.25) is 4.90 Å². The minimum Gasteiger partial charge on any atom is -0.370 e. The molecule has 2 aromatic carbocycles. The number of likely N-dealkylation sites (N-methyl/N-ethyl adjacent to an activating group) is 1. The number of nitrogens with one attached hydrogen (secondary N) is 1. The van der Waals surface area contributed by atoms with Crippen molar-refractivity contribution in [2.45, 2.75) is 33.4 Å². The van der Waals surface area contributed by atoms with E-state index in [4.69, 9.17) is 5.73 Å². The molecule has 0 saturated carbocycles. The van der Waals surface area contributed by atoms with Gasteiger partial charge in [0.15, 0.2) is 5.96 Å². The van der Waals surface area contributed by atoms with Gasteiger partial charge in [-0.1, -0.05) is 30.3 Å². The summed E-state index contributed by atoms with van der Waals surface area (Å²) < 4.78 is 0. The van der Waals surface area contributed by atoms with Crippen molar-refractivity contribution in [3.63, 3.8) is 0 Å². The van der Waals surface area contributed by atoms with Crippen LogP contribution in [0.15, 0.2) is 47.5 Å². The summed E-state index contributed by atoms with van der Waals surface area (Å²) in [5.41, 5.74) is 12.1. The van der Waals surface area contributed by atoms with Gasteiger partial charge in [0.1, 0.15) is 0 Å². The van der Waals surface area contributed by atoms with E-state index >= 15 is 0 Å². The van der Waals surface area contributed by atoms with Crippen molar-refractivity contribution in [3.05, 3.63) is 64.7 Å². The van der Waals surface area contributed by atoms with Crippen LogP contribution in [0.3, 0.4) is 0 Å². The first-order valence-corrected chi connectivity index (χ1v) is 10.1. The van der Waals surface area contributed by atoms with Crippen LogP contribution >= 0.6 is 0 Å². The first kappa shape index (κ1) is 20.4. The molecule has 0 atom stereocenters. The summed E-state index contributed by atoms with van der Waals surface area (Å²) in [5.74, 6) is 0.445. The lowest BCUT2D eigenvalue weighted by molar-refractivity contribution is 0.269. The van der Waals surface area contributed by atoms with Crippen molar-refractivity contribution in [2.24, 2.45) is 10.7 Å². The van der Waals surface area contributed by atoms with Crippen LogP contribution in [-0.2, 0) is 13.1 Å². The van der Waals surface area contributed by atoms with Gasteiger partial charge in [-0.2, -0.15) is 0 Å². The molecule has 0 spiro atoms. The molecule has 2 aromatic rings. The highest BCUT2D eigenvalue weighted by Crippen LogP contribution is 2.14. The number of aryl methyl sites for hydroxylation is 2. The highest BCUT2D eigenvalue weighted by Gasteiger charge is 2.12. The molecule has 1 aliphatic rings. The molecule has 5 heteroatoms. The number of guanidine groups is 1. The van der Waals surface area contributed by atoms with Crippen molar-refractivity contribution < 1.29 is 0 Å². The number of aliphatic imine (C=N–C) groups is 1. The summed E-state index contributed by atoms with van der Waals surface area (Å²) in [6.45, 7) is 10.5. The van der Waals surface area contributed by atoms with Gasteiger partial charge in [0.25, 0.3) is 0 Å². The number of anilines is 1. The Morgan fingerprint density at radius 2 is 1.71 bits per heavy atom. The zero-order valence-corrected chi connectivity index (χ0v) is 17.4. The zero-order valence-electron chi connectivity index (χ0n) is 17.4. The maximum absolute atomic E-state index is 6.05. The third-order valence-electron chi connectivity index (χ3n) is 5.45. The quantitative estimate of drug-likeness (QED) is 0.618. The summed E-state index contributed by atoms with van der Waals surface area (Å²) in [4.78, 5) is 9.43. The van der Waals surface area contributed by atoms with Gasteiger partial charge in [0.2, 0.25) is 0 Å². The van der Waals surface area contributed by atoms with E-state index in [2.05, 4.69) is 77.4 Å². The molecule has 0 radical (unpaired) electrons. The van der Waals surface area contributed by atoms with Crippen molar-refractivity contribution in [1.82, 2.24) is 9.80 Å². The smallest absolute Gasteiger partial charge is 0.193 e. The van der Waals surface area contributed by atoms with E-state index < -0.39 is 0 Å². The van der Waals surface area contributed by atoms with Crippen LogP contribution in [-0.4, -0.2) is 49.0 Å². The number of rotatable bonds is 5. The minimum absolute atomic E-state index is 0.445. The fraction of sp³-hybridized carbons (Fsp3) is 0.435. The molecule has 150 valence electrons. The van der Waals surface area contributed by atoms with Gasteiger partial charge < -0.3 is 16.0 Å². The molecule has 28 heavy (non-hydrogen) atoms. The molecule has 5 nitrogen and oxygen atoms in total. The molecule has 1 heterocycles. The average molecular weight is 380 g/mol. The van der Waals surface area contributed by atoms with Gasteiger partial charge >= 0.3 is 0 Å². The Morgan fingerprint density at radius 1 is 0.964 bits per heavy atom. The van der Waals surface area contributed by atoms with Gasteiger partial charge in [0.05, 0.1) is 6.54 Å². The molecule has 0 aromatic heterocycles. The molecule has 1 saturated heterocycles. The lowest BCUT2D eigenvalue weighted by atomic mass is 10.1. The molecule has 1 fully saturated rings. The third-order valence-corrected chi connectivity index (χ3v) is 5.45. The summed E-state index contributed by atoms with van der Waals surface area (Å²) in [5, 5.41) is 3.17. The van der Waals surface area contributed by atoms with E-state index in [-0.39, 0.29) is 0 Å². The second-order valence-electron chi connectivity index (χ2n) is 7.87. The van der Waals surface area contributed by atoms with E-state index in [9.17, 15) is 0 Å². The van der Waals surface area contributed by atoms with Gasteiger partial charge in [0, 0.05) is 25.3 Å². The van der Waals surface area contributed by atoms with Gasteiger partial charge in [-0.05, 0) is 74.8 Å². The minimum atomic E-state index is 0.445. The first-order valence-electron chi connectivity index (χ1n) is 10.1. The van der Waals surface area contributed by atoms with Crippen LogP contribution in [0.25, 0.3) is 0 Å². The van der Waals surface area contributed by atoms with E-state index in [0.717, 1.165) is 25.3 Å². The predicted molar refractivity (Wildman–Crippen MR) is 119 cm³/mol. The molecular weight excluding hydrogens is 346 g/mol. The van der Waals surface area contributed by atoms with E-state index in [0.29, 0.717) is 12.5 Å². The molecular formula is C23H33N5. The van der Waals surface area contributed by atoms with Crippen LogP contribution in [0.2, 0.25) is 0 Å². The largest absolute Gasteiger partial charge is 0.370 e. The Balaban J connectivity index is 1.51. The molecule has 3 rings (SSSR count). The first-order chi connectivity index (χ1) is 13.5. The average Bonchev–Trinajstić information content (AvgIpc) is 2.88. The monoisotopic (exact) mass is 379 g/mol. The molecule has 1 aliphatic heterocycles. The zero-order chi connectivity index (χ0) is 19.9. The summed E-state index contributed by atoms with van der Waals surface area (Å²) in [6.07, 6.45) is 1.25. The van der Waals surface area contributed by atoms with E-state index in [1.54, 1.807) is 0 Å². The highest BCUT2D eigenvalue weighted by molar-refractivity contribution is 5.92. The van der Waals surface area contributed by atoms with Gasteiger partial charge in [-0.15, -0.1) is 0 Å². The predicted octanol–water partition coefficient (Wildman–Crippen LogP) is 3.37. The Hall–Kier alpha value is -2.37. The van der Waals surface area contributed by atoms with Crippen LogP contribution in [0.4, 0.5) is 5.69 Å². The fourth-order valence-corrected chi connectivity index (χ4v) is 3.45. The lowest BCUT2D eigenvalue weighted by Crippen LogP contribution is -2.28. The van der Waals surface area contributed by atoms with Crippen molar-refractivity contribution in [2.75, 3.05) is 38.5 Å². The third kappa shape index (κ3) is 6.08. The van der Waals surface area contributed by atoms with Crippen LogP contribution < -0.4 is 11.1 Å². The number of nitrogens with two attached hydrogens (primary N) is 1. The molecule has 0 aliphatic carbocycles. The number of hydrogen-bond donors (Lipinski definition) is 2. The van der Waals surface area contributed by atoms with Crippen LogP contribution in [0.1, 0.15) is 28.7 Å². The van der Waals surface area contributed by atoms with Gasteiger partial charge in [-0.25, -0.2) is 4.99 Å². The number of hydrogen-bond acceptors (Lipinski definition) is 3. The number of nitrogens with zero attached hydrogens (tertiary/aromatic N) is 3.